The summed E-state index contributed by atoms with van der Waals surface area (Å²) in [5.74, 6) is -1.31. The van der Waals surface area contributed by atoms with Crippen molar-refractivity contribution in [3.63, 3.8) is 0 Å². The third kappa shape index (κ3) is 7.64. The van der Waals surface area contributed by atoms with Crippen LogP contribution >= 0.6 is 0 Å². The van der Waals surface area contributed by atoms with Crippen LogP contribution in [0.4, 0.5) is 13.2 Å². The molecule has 0 rings (SSSR count). The van der Waals surface area contributed by atoms with Gasteiger partial charge in [0.1, 0.15) is 0 Å². The summed E-state index contributed by atoms with van der Waals surface area (Å²) in [5, 5.41) is 8.35. The van der Waals surface area contributed by atoms with Crippen LogP contribution < -0.4 is 0 Å². The molecule has 82 valence electrons. The Morgan fingerprint density at radius 1 is 1.43 bits per heavy atom. The molecule has 0 radical (unpaired) electrons. The van der Waals surface area contributed by atoms with Crippen LogP contribution in [0.1, 0.15) is 26.7 Å². The third-order valence-electron chi connectivity index (χ3n) is 1.43. The fourth-order valence-corrected chi connectivity index (χ4v) is 1.14. The maximum atomic E-state index is 12.0. The molecule has 0 heterocycles. The molecule has 0 aliphatic heterocycles. The quantitative estimate of drug-likeness (QED) is 0.724. The van der Waals surface area contributed by atoms with E-state index in [1.165, 1.54) is 0 Å². The van der Waals surface area contributed by atoms with Gasteiger partial charge >= 0.3 is 12.1 Å². The number of aliphatic carboxylic acids is 1. The number of halogens is 3. The topological polar surface area (TPSA) is 37.3 Å². The largest absolute Gasteiger partial charge is 0.478 e. The van der Waals surface area contributed by atoms with E-state index in [2.05, 4.69) is 0 Å². The lowest BCUT2D eigenvalue weighted by Gasteiger charge is -2.11. The zero-order valence-corrected chi connectivity index (χ0v) is 8.06. The van der Waals surface area contributed by atoms with E-state index in [-0.39, 0.29) is 17.9 Å². The molecule has 1 N–H and O–H groups in total. The molecular weight excluding hydrogens is 197 g/mol. The van der Waals surface area contributed by atoms with Gasteiger partial charge in [-0.3, -0.25) is 0 Å². The minimum absolute atomic E-state index is 0.0166. The van der Waals surface area contributed by atoms with Gasteiger partial charge < -0.3 is 5.11 Å². The Kier molecular flexibility index (Phi) is 4.67. The Morgan fingerprint density at radius 2 is 1.93 bits per heavy atom. The summed E-state index contributed by atoms with van der Waals surface area (Å²) in [6, 6.07) is 0. The van der Waals surface area contributed by atoms with Crippen LogP contribution in [-0.4, -0.2) is 17.3 Å². The Hall–Kier alpha value is -1.00. The number of hydrogen-bond acceptors (Lipinski definition) is 1. The SMILES string of the molecule is CC(C)C/C(=C/C(=O)O)CC(F)(F)F. The maximum absolute atomic E-state index is 12.0. The molecule has 14 heavy (non-hydrogen) atoms. The number of carbonyl (C=O) groups is 1. The molecule has 0 amide bonds. The van der Waals surface area contributed by atoms with Crippen molar-refractivity contribution in [1.29, 1.82) is 0 Å². The second-order valence-electron chi connectivity index (χ2n) is 3.53. The van der Waals surface area contributed by atoms with Gasteiger partial charge in [-0.25, -0.2) is 4.79 Å². The van der Waals surface area contributed by atoms with Gasteiger partial charge in [0.05, 0.1) is 6.42 Å². The summed E-state index contributed by atoms with van der Waals surface area (Å²) in [4.78, 5) is 10.2. The molecule has 0 aliphatic rings. The van der Waals surface area contributed by atoms with Crippen LogP contribution in [0.25, 0.3) is 0 Å². The smallest absolute Gasteiger partial charge is 0.392 e. The Bertz CT molecular complexity index is 229. The number of hydrogen-bond donors (Lipinski definition) is 1. The summed E-state index contributed by atoms with van der Waals surface area (Å²) < 4.78 is 35.9. The van der Waals surface area contributed by atoms with Gasteiger partial charge in [0.25, 0.3) is 0 Å². The van der Waals surface area contributed by atoms with Crippen molar-refractivity contribution in [1.82, 2.24) is 0 Å². The first-order valence-electron chi connectivity index (χ1n) is 4.20. The Morgan fingerprint density at radius 3 is 2.21 bits per heavy atom. The van der Waals surface area contributed by atoms with Crippen LogP contribution in [0.3, 0.4) is 0 Å². The first kappa shape index (κ1) is 13.0. The van der Waals surface area contributed by atoms with E-state index in [1.807, 2.05) is 0 Å². The lowest BCUT2D eigenvalue weighted by atomic mass is 10.00. The third-order valence-corrected chi connectivity index (χ3v) is 1.43. The molecule has 2 nitrogen and oxygen atoms in total. The maximum Gasteiger partial charge on any atom is 0.392 e. The van der Waals surface area contributed by atoms with Gasteiger partial charge in [0, 0.05) is 6.08 Å². The number of carboxylic acid groups (broad SMARTS) is 1. The van der Waals surface area contributed by atoms with Crippen molar-refractivity contribution in [2.24, 2.45) is 5.92 Å². The van der Waals surface area contributed by atoms with Crippen molar-refractivity contribution < 1.29 is 23.1 Å². The van der Waals surface area contributed by atoms with Crippen molar-refractivity contribution in [2.45, 2.75) is 32.9 Å². The Balaban J connectivity index is 4.49. The summed E-state index contributed by atoms with van der Waals surface area (Å²) in [7, 11) is 0. The number of alkyl halides is 3. The number of carboxylic acids is 1. The standard InChI is InChI=1S/C9H13F3O2/c1-6(2)3-7(4-8(13)14)5-9(10,11)12/h4,6H,3,5H2,1-2H3,(H,13,14)/b7-4-. The zero-order valence-electron chi connectivity index (χ0n) is 8.06. The molecule has 0 unspecified atom stereocenters. The molecule has 0 bridgehead atoms. The zero-order chi connectivity index (χ0) is 11.4. The summed E-state index contributed by atoms with van der Waals surface area (Å²) in [5.41, 5.74) is -0.0833. The van der Waals surface area contributed by atoms with Gasteiger partial charge in [0.15, 0.2) is 0 Å². The highest BCUT2D eigenvalue weighted by Gasteiger charge is 2.29. The second kappa shape index (κ2) is 5.02. The summed E-state index contributed by atoms with van der Waals surface area (Å²) in [6.07, 6.45) is -4.67. The van der Waals surface area contributed by atoms with Crippen LogP contribution in [0.15, 0.2) is 11.6 Å². The molecule has 0 atom stereocenters. The molecule has 5 heteroatoms. The van der Waals surface area contributed by atoms with Gasteiger partial charge in [0.2, 0.25) is 0 Å². The fourth-order valence-electron chi connectivity index (χ4n) is 1.14. The lowest BCUT2D eigenvalue weighted by molar-refractivity contribution is -0.132. The minimum Gasteiger partial charge on any atom is -0.478 e. The number of rotatable bonds is 4. The van der Waals surface area contributed by atoms with Gasteiger partial charge in [-0.1, -0.05) is 19.4 Å². The van der Waals surface area contributed by atoms with Crippen LogP contribution in [0.5, 0.6) is 0 Å². The fraction of sp³-hybridized carbons (Fsp3) is 0.667. The molecule has 0 aliphatic carbocycles. The molecular formula is C9H13F3O2. The van der Waals surface area contributed by atoms with Crippen LogP contribution in [0, 0.1) is 5.92 Å². The van der Waals surface area contributed by atoms with Crippen molar-refractivity contribution in [3.05, 3.63) is 11.6 Å². The van der Waals surface area contributed by atoms with E-state index in [0.717, 1.165) is 0 Å². The van der Waals surface area contributed by atoms with Crippen molar-refractivity contribution in [2.75, 3.05) is 0 Å². The van der Waals surface area contributed by atoms with Gasteiger partial charge in [-0.15, -0.1) is 0 Å². The highest BCUT2D eigenvalue weighted by atomic mass is 19.4. The molecule has 0 aromatic heterocycles. The molecule has 0 spiro atoms. The molecule has 0 aromatic carbocycles. The average molecular weight is 210 g/mol. The molecule has 0 saturated carbocycles. The van der Waals surface area contributed by atoms with E-state index < -0.39 is 18.6 Å². The highest BCUT2D eigenvalue weighted by molar-refractivity contribution is 5.80. The van der Waals surface area contributed by atoms with Crippen LogP contribution in [0.2, 0.25) is 0 Å². The normalized spacial score (nSPS) is 13.4. The Labute approximate surface area is 80.4 Å². The highest BCUT2D eigenvalue weighted by Crippen LogP contribution is 2.27. The average Bonchev–Trinajstić information content (AvgIpc) is 1.77. The first-order valence-corrected chi connectivity index (χ1v) is 4.20. The van der Waals surface area contributed by atoms with Crippen LogP contribution in [-0.2, 0) is 4.79 Å². The monoisotopic (exact) mass is 210 g/mol. The van der Waals surface area contributed by atoms with E-state index in [9.17, 15) is 18.0 Å². The van der Waals surface area contributed by atoms with Crippen molar-refractivity contribution in [3.8, 4) is 0 Å². The summed E-state index contributed by atoms with van der Waals surface area (Å²) >= 11 is 0. The molecule has 0 saturated heterocycles. The number of allylic oxidation sites excluding steroid dienone is 1. The molecule has 0 fully saturated rings. The second-order valence-corrected chi connectivity index (χ2v) is 3.53. The van der Waals surface area contributed by atoms with E-state index in [1.54, 1.807) is 13.8 Å². The lowest BCUT2D eigenvalue weighted by Crippen LogP contribution is -2.11. The van der Waals surface area contributed by atoms with Gasteiger partial charge in [-0.05, 0) is 12.3 Å². The minimum atomic E-state index is -4.34. The van der Waals surface area contributed by atoms with Gasteiger partial charge in [-0.2, -0.15) is 13.2 Å². The predicted molar refractivity (Wildman–Crippen MR) is 45.8 cm³/mol. The summed E-state index contributed by atoms with van der Waals surface area (Å²) in [6.45, 7) is 3.48. The predicted octanol–water partition coefficient (Wildman–Crippen LogP) is 3.00. The molecule has 0 aromatic rings. The first-order chi connectivity index (χ1) is 6.20. The van der Waals surface area contributed by atoms with E-state index >= 15 is 0 Å². The van der Waals surface area contributed by atoms with E-state index in [4.69, 9.17) is 5.11 Å². The van der Waals surface area contributed by atoms with Crippen molar-refractivity contribution >= 4 is 5.97 Å². The van der Waals surface area contributed by atoms with E-state index in [0.29, 0.717) is 6.08 Å².